The van der Waals surface area contributed by atoms with Crippen LogP contribution in [0.15, 0.2) is 36.4 Å². The van der Waals surface area contributed by atoms with Gasteiger partial charge in [-0.05, 0) is 30.5 Å². The summed E-state index contributed by atoms with van der Waals surface area (Å²) in [5.41, 5.74) is 7.27. The molecule has 21 heavy (non-hydrogen) atoms. The molecule has 3 nitrogen and oxygen atoms in total. The maximum absolute atomic E-state index is 13.7. The van der Waals surface area contributed by atoms with Crippen LogP contribution in [0.3, 0.4) is 0 Å². The van der Waals surface area contributed by atoms with E-state index in [1.54, 1.807) is 0 Å². The molecule has 2 rings (SSSR count). The lowest BCUT2D eigenvalue weighted by molar-refractivity contribution is 0.300. The number of ether oxygens (including phenoxy) is 2. The van der Waals surface area contributed by atoms with Crippen molar-refractivity contribution in [1.29, 1.82) is 0 Å². The zero-order chi connectivity index (χ0) is 15.2. The van der Waals surface area contributed by atoms with Gasteiger partial charge in [-0.2, -0.15) is 0 Å². The zero-order valence-corrected chi connectivity index (χ0v) is 12.4. The summed E-state index contributed by atoms with van der Waals surface area (Å²) in [5.74, 6) is 0.736. The Labute approximate surface area is 124 Å². The Balaban J connectivity index is 2.21. The van der Waals surface area contributed by atoms with E-state index in [9.17, 15) is 4.39 Å². The molecule has 2 aromatic rings. The van der Waals surface area contributed by atoms with Crippen molar-refractivity contribution < 1.29 is 13.9 Å². The van der Waals surface area contributed by atoms with E-state index in [-0.39, 0.29) is 11.4 Å². The Morgan fingerprint density at radius 3 is 2.38 bits per heavy atom. The van der Waals surface area contributed by atoms with Crippen LogP contribution in [0.5, 0.6) is 17.2 Å². The minimum Gasteiger partial charge on any atom is -0.490 e. The fourth-order valence-corrected chi connectivity index (χ4v) is 1.88. The number of hydrogen-bond donors (Lipinski definition) is 1. The van der Waals surface area contributed by atoms with Crippen LogP contribution in [0.4, 0.5) is 10.1 Å². The highest BCUT2D eigenvalue weighted by molar-refractivity contribution is 5.57. The van der Waals surface area contributed by atoms with Gasteiger partial charge >= 0.3 is 0 Å². The topological polar surface area (TPSA) is 44.5 Å². The first-order chi connectivity index (χ1) is 10.1. The normalized spacial score (nSPS) is 10.4. The van der Waals surface area contributed by atoms with Crippen LogP contribution in [0.25, 0.3) is 0 Å². The van der Waals surface area contributed by atoms with E-state index in [4.69, 9.17) is 15.2 Å². The summed E-state index contributed by atoms with van der Waals surface area (Å²) in [6.07, 6.45) is 1.77. The van der Waals surface area contributed by atoms with Gasteiger partial charge in [0.05, 0.1) is 12.3 Å². The lowest BCUT2D eigenvalue weighted by atomic mass is 10.2. The van der Waals surface area contributed by atoms with Crippen molar-refractivity contribution >= 4 is 5.69 Å². The number of nitrogens with two attached hydrogens (primary N) is 1. The largest absolute Gasteiger partial charge is 0.490 e. The number of anilines is 1. The molecule has 2 N–H and O–H groups in total. The Bertz CT molecular complexity index is 596. The summed E-state index contributed by atoms with van der Waals surface area (Å²) in [7, 11) is 0. The molecule has 0 amide bonds. The minimum atomic E-state index is -0.477. The smallest absolute Gasteiger partial charge is 0.167 e. The molecule has 0 bridgehead atoms. The zero-order valence-electron chi connectivity index (χ0n) is 12.4. The molecule has 4 heteroatoms. The molecular weight excluding hydrogens is 269 g/mol. The number of hydrogen-bond acceptors (Lipinski definition) is 3. The van der Waals surface area contributed by atoms with E-state index in [0.29, 0.717) is 18.1 Å². The van der Waals surface area contributed by atoms with Crippen molar-refractivity contribution in [3.63, 3.8) is 0 Å². The summed E-state index contributed by atoms with van der Waals surface area (Å²) in [6.45, 7) is 4.50. The molecular formula is C17H20FNO2. The van der Waals surface area contributed by atoms with E-state index in [1.165, 1.54) is 17.7 Å². The number of nitrogen functional groups attached to an aromatic ring is 1. The molecule has 0 heterocycles. The minimum absolute atomic E-state index is 0.159. The van der Waals surface area contributed by atoms with Gasteiger partial charge in [0, 0.05) is 12.1 Å². The molecule has 0 radical (unpaired) electrons. The molecule has 0 atom stereocenters. The van der Waals surface area contributed by atoms with E-state index in [2.05, 4.69) is 6.92 Å². The van der Waals surface area contributed by atoms with E-state index < -0.39 is 5.82 Å². The lowest BCUT2D eigenvalue weighted by Crippen LogP contribution is -2.00. The fourth-order valence-electron chi connectivity index (χ4n) is 1.88. The fraction of sp³-hybridized carbons (Fsp3) is 0.294. The second-order valence-electron chi connectivity index (χ2n) is 4.77. The molecule has 0 unspecified atom stereocenters. The van der Waals surface area contributed by atoms with Crippen molar-refractivity contribution in [2.45, 2.75) is 26.7 Å². The molecule has 2 aromatic carbocycles. The van der Waals surface area contributed by atoms with Gasteiger partial charge in [0.1, 0.15) is 5.75 Å². The first-order valence-electron chi connectivity index (χ1n) is 7.12. The predicted octanol–water partition coefficient (Wildman–Crippen LogP) is 4.55. The average molecular weight is 289 g/mol. The monoisotopic (exact) mass is 289 g/mol. The highest BCUT2D eigenvalue weighted by Gasteiger charge is 2.11. The lowest BCUT2D eigenvalue weighted by Gasteiger charge is -2.12. The van der Waals surface area contributed by atoms with Crippen molar-refractivity contribution in [2.75, 3.05) is 12.3 Å². The third kappa shape index (κ3) is 3.88. The van der Waals surface area contributed by atoms with Crippen LogP contribution >= 0.6 is 0 Å². The summed E-state index contributed by atoms with van der Waals surface area (Å²) < 4.78 is 24.8. The molecule has 0 saturated carbocycles. The maximum Gasteiger partial charge on any atom is 0.167 e. The molecule has 0 aromatic heterocycles. The predicted molar refractivity (Wildman–Crippen MR) is 82.5 cm³/mol. The Morgan fingerprint density at radius 1 is 1.05 bits per heavy atom. The van der Waals surface area contributed by atoms with Crippen LogP contribution in [0, 0.1) is 5.82 Å². The average Bonchev–Trinajstić information content (AvgIpc) is 2.49. The van der Waals surface area contributed by atoms with Gasteiger partial charge in [-0.25, -0.2) is 4.39 Å². The van der Waals surface area contributed by atoms with Gasteiger partial charge in [0.25, 0.3) is 0 Å². The maximum atomic E-state index is 13.7. The summed E-state index contributed by atoms with van der Waals surface area (Å²) in [6, 6.07) is 10.4. The van der Waals surface area contributed by atoms with Gasteiger partial charge < -0.3 is 15.2 Å². The second kappa shape index (κ2) is 6.97. The molecule has 112 valence electrons. The van der Waals surface area contributed by atoms with Gasteiger partial charge in [0.15, 0.2) is 17.3 Å². The molecule has 0 aliphatic carbocycles. The van der Waals surface area contributed by atoms with E-state index in [0.717, 1.165) is 12.8 Å². The third-order valence-electron chi connectivity index (χ3n) is 3.09. The molecule has 0 spiro atoms. The number of benzene rings is 2. The van der Waals surface area contributed by atoms with Crippen LogP contribution in [-0.2, 0) is 6.42 Å². The highest BCUT2D eigenvalue weighted by Crippen LogP contribution is 2.33. The first kappa shape index (κ1) is 15.2. The summed E-state index contributed by atoms with van der Waals surface area (Å²) in [5, 5.41) is 0. The quantitative estimate of drug-likeness (QED) is 0.793. The number of halogens is 1. The van der Waals surface area contributed by atoms with E-state index in [1.807, 2.05) is 31.2 Å². The second-order valence-corrected chi connectivity index (χ2v) is 4.77. The SMILES string of the molecule is CCCOc1cc(Oc2ccc(CC)cc2)c(N)cc1F. The van der Waals surface area contributed by atoms with Crippen molar-refractivity contribution in [3.05, 3.63) is 47.8 Å². The molecule has 0 aliphatic heterocycles. The number of rotatable bonds is 6. The van der Waals surface area contributed by atoms with Crippen molar-refractivity contribution in [3.8, 4) is 17.2 Å². The summed E-state index contributed by atoms with van der Waals surface area (Å²) in [4.78, 5) is 0. The van der Waals surface area contributed by atoms with Crippen molar-refractivity contribution in [1.82, 2.24) is 0 Å². The standard InChI is InChI=1S/C17H20FNO2/c1-3-9-20-16-11-17(15(19)10-14(16)18)21-13-7-5-12(4-2)6-8-13/h5-8,10-11H,3-4,9,19H2,1-2H3. The van der Waals surface area contributed by atoms with E-state index >= 15 is 0 Å². The van der Waals surface area contributed by atoms with Crippen LogP contribution in [0.1, 0.15) is 25.8 Å². The van der Waals surface area contributed by atoms with Gasteiger partial charge in [0.2, 0.25) is 0 Å². The van der Waals surface area contributed by atoms with Gasteiger partial charge in [-0.3, -0.25) is 0 Å². The van der Waals surface area contributed by atoms with Gasteiger partial charge in [-0.15, -0.1) is 0 Å². The van der Waals surface area contributed by atoms with Gasteiger partial charge in [-0.1, -0.05) is 26.0 Å². The molecule has 0 aliphatic rings. The highest BCUT2D eigenvalue weighted by atomic mass is 19.1. The third-order valence-corrected chi connectivity index (χ3v) is 3.09. The first-order valence-corrected chi connectivity index (χ1v) is 7.12. The number of aryl methyl sites for hydroxylation is 1. The van der Waals surface area contributed by atoms with Crippen LogP contribution in [0.2, 0.25) is 0 Å². The van der Waals surface area contributed by atoms with Crippen LogP contribution < -0.4 is 15.2 Å². The Kier molecular flexibility index (Phi) is 5.04. The van der Waals surface area contributed by atoms with Crippen LogP contribution in [-0.4, -0.2) is 6.61 Å². The Morgan fingerprint density at radius 2 is 1.76 bits per heavy atom. The molecule has 0 fully saturated rings. The Hall–Kier alpha value is -2.23. The van der Waals surface area contributed by atoms with Crippen molar-refractivity contribution in [2.24, 2.45) is 0 Å². The molecule has 0 saturated heterocycles. The summed E-state index contributed by atoms with van der Waals surface area (Å²) >= 11 is 0.